The van der Waals surface area contributed by atoms with Crippen LogP contribution >= 0.6 is 0 Å². The zero-order valence-electron chi connectivity index (χ0n) is 10.7. The summed E-state index contributed by atoms with van der Waals surface area (Å²) in [7, 11) is 0. The van der Waals surface area contributed by atoms with Gasteiger partial charge in [0.05, 0.1) is 11.4 Å². The molecule has 0 aliphatic heterocycles. The molecule has 4 nitrogen and oxygen atoms in total. The molecule has 0 saturated carbocycles. The van der Waals surface area contributed by atoms with Crippen molar-refractivity contribution in [2.45, 2.75) is 0 Å². The predicted octanol–water partition coefficient (Wildman–Crippen LogP) is 3.12. The number of para-hydroxylation sites is 2. The molecular formula is C16H13N3O. The van der Waals surface area contributed by atoms with Crippen molar-refractivity contribution in [2.24, 2.45) is 0 Å². The molecular weight excluding hydrogens is 250 g/mol. The standard InChI is InChI=1S/C16H13N3O/c20-16(13-7-2-1-3-8-13)18-14-9-4-5-10-15(14)19-12-6-11-17-19/h1-12H,(H,18,20). The van der Waals surface area contributed by atoms with Gasteiger partial charge in [0.2, 0.25) is 0 Å². The van der Waals surface area contributed by atoms with E-state index in [1.54, 1.807) is 23.0 Å². The molecule has 1 N–H and O–H groups in total. The molecule has 3 aromatic rings. The van der Waals surface area contributed by atoms with Gasteiger partial charge in [0.25, 0.3) is 5.91 Å². The summed E-state index contributed by atoms with van der Waals surface area (Å²) in [6.07, 6.45) is 3.54. The van der Waals surface area contributed by atoms with Crippen LogP contribution in [0.2, 0.25) is 0 Å². The fourth-order valence-corrected chi connectivity index (χ4v) is 1.97. The third kappa shape index (κ3) is 2.44. The number of nitrogens with one attached hydrogen (secondary N) is 1. The maximum absolute atomic E-state index is 12.2. The Bertz CT molecular complexity index is 706. The monoisotopic (exact) mass is 263 g/mol. The Morgan fingerprint density at radius 2 is 1.70 bits per heavy atom. The molecule has 1 aromatic heterocycles. The van der Waals surface area contributed by atoms with Gasteiger partial charge < -0.3 is 5.32 Å². The Balaban J connectivity index is 1.90. The molecule has 0 radical (unpaired) electrons. The van der Waals surface area contributed by atoms with E-state index >= 15 is 0 Å². The highest BCUT2D eigenvalue weighted by molar-refractivity contribution is 6.05. The van der Waals surface area contributed by atoms with Crippen LogP contribution in [0.25, 0.3) is 5.69 Å². The SMILES string of the molecule is O=C(Nc1ccccc1-n1cccn1)c1ccccc1. The zero-order valence-corrected chi connectivity index (χ0v) is 10.7. The van der Waals surface area contributed by atoms with E-state index in [1.165, 1.54) is 0 Å². The Labute approximate surface area is 116 Å². The summed E-state index contributed by atoms with van der Waals surface area (Å²) in [5.74, 6) is -0.134. The molecule has 0 aliphatic rings. The maximum atomic E-state index is 12.2. The lowest BCUT2D eigenvalue weighted by Gasteiger charge is -2.10. The van der Waals surface area contributed by atoms with Gasteiger partial charge >= 0.3 is 0 Å². The highest BCUT2D eigenvalue weighted by Crippen LogP contribution is 2.19. The molecule has 0 atom stereocenters. The maximum Gasteiger partial charge on any atom is 0.255 e. The van der Waals surface area contributed by atoms with E-state index in [9.17, 15) is 4.79 Å². The van der Waals surface area contributed by atoms with Crippen molar-refractivity contribution >= 4 is 11.6 Å². The lowest BCUT2D eigenvalue weighted by Crippen LogP contribution is -2.13. The van der Waals surface area contributed by atoms with Gasteiger partial charge in [0, 0.05) is 18.0 Å². The van der Waals surface area contributed by atoms with Crippen LogP contribution in [0.3, 0.4) is 0 Å². The summed E-state index contributed by atoms with van der Waals surface area (Å²) in [6, 6.07) is 18.5. The minimum atomic E-state index is -0.134. The first kappa shape index (κ1) is 12.2. The number of carbonyl (C=O) groups is 1. The zero-order chi connectivity index (χ0) is 13.8. The number of amides is 1. The summed E-state index contributed by atoms with van der Waals surface area (Å²) < 4.78 is 1.72. The number of benzene rings is 2. The van der Waals surface area contributed by atoms with E-state index in [0.29, 0.717) is 5.56 Å². The van der Waals surface area contributed by atoms with Crippen LogP contribution in [0.5, 0.6) is 0 Å². The molecule has 0 aliphatic carbocycles. The smallest absolute Gasteiger partial charge is 0.255 e. The fraction of sp³-hybridized carbons (Fsp3) is 0. The van der Waals surface area contributed by atoms with Crippen LogP contribution < -0.4 is 5.32 Å². The number of carbonyl (C=O) groups excluding carboxylic acids is 1. The van der Waals surface area contributed by atoms with Gasteiger partial charge in [0.1, 0.15) is 0 Å². The summed E-state index contributed by atoms with van der Waals surface area (Å²) in [4.78, 5) is 12.2. The average Bonchev–Trinajstić information content (AvgIpc) is 3.03. The van der Waals surface area contributed by atoms with E-state index in [0.717, 1.165) is 11.4 Å². The van der Waals surface area contributed by atoms with Gasteiger partial charge in [-0.1, -0.05) is 30.3 Å². The van der Waals surface area contributed by atoms with Crippen molar-refractivity contribution < 1.29 is 4.79 Å². The molecule has 0 spiro atoms. The van der Waals surface area contributed by atoms with Gasteiger partial charge in [-0.2, -0.15) is 5.10 Å². The van der Waals surface area contributed by atoms with E-state index in [1.807, 2.05) is 54.7 Å². The topological polar surface area (TPSA) is 46.9 Å². The molecule has 1 amide bonds. The normalized spacial score (nSPS) is 10.2. The van der Waals surface area contributed by atoms with Crippen molar-refractivity contribution in [1.82, 2.24) is 9.78 Å². The molecule has 0 bridgehead atoms. The van der Waals surface area contributed by atoms with Crippen LogP contribution in [0, 0.1) is 0 Å². The molecule has 3 rings (SSSR count). The Morgan fingerprint density at radius 1 is 0.950 bits per heavy atom. The number of aromatic nitrogens is 2. The minimum absolute atomic E-state index is 0.134. The second-order valence-electron chi connectivity index (χ2n) is 4.29. The van der Waals surface area contributed by atoms with E-state index in [-0.39, 0.29) is 5.91 Å². The second kappa shape index (κ2) is 5.40. The highest BCUT2D eigenvalue weighted by Gasteiger charge is 2.09. The third-order valence-electron chi connectivity index (χ3n) is 2.94. The van der Waals surface area contributed by atoms with Gasteiger partial charge in [-0.3, -0.25) is 4.79 Å². The summed E-state index contributed by atoms with van der Waals surface area (Å²) in [5.41, 5.74) is 2.19. The average molecular weight is 263 g/mol. The van der Waals surface area contributed by atoms with Gasteiger partial charge in [-0.25, -0.2) is 4.68 Å². The number of hydrogen-bond donors (Lipinski definition) is 1. The van der Waals surface area contributed by atoms with Crippen LogP contribution in [-0.2, 0) is 0 Å². The molecule has 0 unspecified atom stereocenters. The minimum Gasteiger partial charge on any atom is -0.320 e. The largest absolute Gasteiger partial charge is 0.320 e. The Kier molecular flexibility index (Phi) is 3.29. The number of rotatable bonds is 3. The molecule has 0 fully saturated rings. The summed E-state index contributed by atoms with van der Waals surface area (Å²) in [6.45, 7) is 0. The molecule has 98 valence electrons. The number of hydrogen-bond acceptors (Lipinski definition) is 2. The van der Waals surface area contributed by atoms with Crippen molar-refractivity contribution in [2.75, 3.05) is 5.32 Å². The van der Waals surface area contributed by atoms with Crippen molar-refractivity contribution in [1.29, 1.82) is 0 Å². The van der Waals surface area contributed by atoms with Gasteiger partial charge in [0.15, 0.2) is 0 Å². The van der Waals surface area contributed by atoms with Crippen molar-refractivity contribution in [3.63, 3.8) is 0 Å². The molecule has 1 heterocycles. The quantitative estimate of drug-likeness (QED) is 0.789. The predicted molar refractivity (Wildman–Crippen MR) is 78.0 cm³/mol. The summed E-state index contributed by atoms with van der Waals surface area (Å²) in [5, 5.41) is 7.11. The fourth-order valence-electron chi connectivity index (χ4n) is 1.97. The molecule has 20 heavy (non-hydrogen) atoms. The first-order chi connectivity index (χ1) is 9.84. The van der Waals surface area contributed by atoms with Gasteiger partial charge in [-0.15, -0.1) is 0 Å². The van der Waals surface area contributed by atoms with E-state index in [4.69, 9.17) is 0 Å². The Morgan fingerprint density at radius 3 is 2.45 bits per heavy atom. The first-order valence-corrected chi connectivity index (χ1v) is 6.30. The van der Waals surface area contributed by atoms with Crippen molar-refractivity contribution in [3.8, 4) is 5.69 Å². The van der Waals surface area contributed by atoms with Crippen molar-refractivity contribution in [3.05, 3.63) is 78.6 Å². The van der Waals surface area contributed by atoms with E-state index in [2.05, 4.69) is 10.4 Å². The van der Waals surface area contributed by atoms with E-state index < -0.39 is 0 Å². The first-order valence-electron chi connectivity index (χ1n) is 6.30. The van der Waals surface area contributed by atoms with Crippen LogP contribution in [0.15, 0.2) is 73.1 Å². The Hall–Kier alpha value is -2.88. The second-order valence-corrected chi connectivity index (χ2v) is 4.29. The molecule has 4 heteroatoms. The lowest BCUT2D eigenvalue weighted by molar-refractivity contribution is 0.102. The number of nitrogens with zero attached hydrogens (tertiary/aromatic N) is 2. The number of anilines is 1. The highest BCUT2D eigenvalue weighted by atomic mass is 16.1. The van der Waals surface area contributed by atoms with Crippen LogP contribution in [0.1, 0.15) is 10.4 Å². The van der Waals surface area contributed by atoms with Crippen LogP contribution in [0.4, 0.5) is 5.69 Å². The van der Waals surface area contributed by atoms with Crippen LogP contribution in [-0.4, -0.2) is 15.7 Å². The summed E-state index contributed by atoms with van der Waals surface area (Å²) >= 11 is 0. The van der Waals surface area contributed by atoms with Gasteiger partial charge in [-0.05, 0) is 30.3 Å². The lowest BCUT2D eigenvalue weighted by atomic mass is 10.2. The molecule has 0 saturated heterocycles. The third-order valence-corrected chi connectivity index (χ3v) is 2.94. The molecule has 2 aromatic carbocycles.